The van der Waals surface area contributed by atoms with Crippen molar-refractivity contribution in [2.45, 2.75) is 489 Å². The fourth-order valence-electron chi connectivity index (χ4n) is 9.69. The summed E-state index contributed by atoms with van der Waals surface area (Å²) in [5.74, 6) is 3.45. The van der Waals surface area contributed by atoms with E-state index in [0.717, 1.165) is 103 Å². The van der Waals surface area contributed by atoms with Crippen LogP contribution in [0.15, 0.2) is 0 Å². The van der Waals surface area contributed by atoms with Crippen molar-refractivity contribution in [3.05, 3.63) is 0 Å². The van der Waals surface area contributed by atoms with Crippen LogP contribution in [0.25, 0.3) is 0 Å². The topological polar surface area (TPSA) is 355 Å². The molecule has 0 saturated heterocycles. The molecule has 0 bridgehead atoms. The number of hydrogen-bond donors (Lipinski definition) is 0. The molecular weight excluding hydrogens is 1690 g/mol. The van der Waals surface area contributed by atoms with Gasteiger partial charge in [-0.05, 0) is 279 Å². The summed E-state index contributed by atoms with van der Waals surface area (Å²) in [5.41, 5.74) is -0.943. The van der Waals surface area contributed by atoms with Crippen molar-refractivity contribution < 1.29 is 143 Å². The maximum Gasteiger partial charge on any atom is 0.509 e. The van der Waals surface area contributed by atoms with Crippen LogP contribution in [-0.4, -0.2) is 186 Å². The first-order valence-corrected chi connectivity index (χ1v) is 49.3. The maximum absolute atomic E-state index is 11.4. The van der Waals surface area contributed by atoms with Gasteiger partial charge in [0.05, 0.1) is 58.5 Å². The van der Waals surface area contributed by atoms with E-state index < -0.39 is 72.8 Å². The van der Waals surface area contributed by atoms with Crippen molar-refractivity contribution in [3.63, 3.8) is 0 Å². The van der Waals surface area contributed by atoms with Crippen LogP contribution in [-0.2, 0) is 94.7 Å². The highest BCUT2D eigenvalue weighted by Crippen LogP contribution is 2.26. The molecule has 0 heterocycles. The molecule has 30 nitrogen and oxygen atoms in total. The van der Waals surface area contributed by atoms with Gasteiger partial charge in [0.15, 0.2) is 0 Å². The summed E-state index contributed by atoms with van der Waals surface area (Å²) in [6.07, 6.45) is 20.5. The van der Waals surface area contributed by atoms with Crippen LogP contribution >= 0.6 is 0 Å². The van der Waals surface area contributed by atoms with Gasteiger partial charge in [0.1, 0.15) is 66.1 Å². The largest absolute Gasteiger partial charge is 0.509 e. The Hall–Kier alpha value is -7.30. The minimum absolute atomic E-state index is 0.0684. The van der Waals surface area contributed by atoms with Gasteiger partial charge >= 0.3 is 61.6 Å². The molecule has 0 amide bonds. The maximum atomic E-state index is 11.4. The molecule has 4 aliphatic carbocycles. The second-order valence-corrected chi connectivity index (χ2v) is 40.0. The Labute approximate surface area is 794 Å². The summed E-state index contributed by atoms with van der Waals surface area (Å²) in [7, 11) is 0. The molecular formula is C101H194O30. The molecule has 0 aromatic heterocycles. The van der Waals surface area contributed by atoms with Gasteiger partial charge in [-0.15, -0.1) is 0 Å². The minimum atomic E-state index is -0.589. The van der Waals surface area contributed by atoms with E-state index in [1.165, 1.54) is 51.4 Å². The van der Waals surface area contributed by atoms with Crippen molar-refractivity contribution in [1.29, 1.82) is 0 Å². The molecule has 0 aromatic rings. The lowest BCUT2D eigenvalue weighted by molar-refractivity contribution is -0.0320. The highest BCUT2D eigenvalue weighted by molar-refractivity contribution is 5.63. The molecule has 0 N–H and O–H groups in total. The summed E-state index contributed by atoms with van der Waals surface area (Å²) in [6.45, 7) is 74.6. The zero-order valence-electron chi connectivity index (χ0n) is 89.3. The smallest absolute Gasteiger partial charge is 0.434 e. The zero-order chi connectivity index (χ0) is 102. The van der Waals surface area contributed by atoms with E-state index in [4.69, 9.17) is 94.7 Å². The summed E-state index contributed by atoms with van der Waals surface area (Å²) in [6, 6.07) is 0. The Morgan fingerprint density at radius 2 is 0.427 bits per heavy atom. The van der Waals surface area contributed by atoms with E-state index in [0.29, 0.717) is 105 Å². The van der Waals surface area contributed by atoms with Gasteiger partial charge in [-0.3, -0.25) is 0 Å². The molecule has 778 valence electrons. The molecule has 5 atom stereocenters. The molecule has 4 rings (SSSR count). The zero-order valence-corrected chi connectivity index (χ0v) is 89.3. The Morgan fingerprint density at radius 1 is 0.229 bits per heavy atom. The molecule has 0 aromatic carbocycles. The predicted octanol–water partition coefficient (Wildman–Crippen LogP) is 29.2. The van der Waals surface area contributed by atoms with Crippen LogP contribution in [0.5, 0.6) is 0 Å². The van der Waals surface area contributed by atoms with Crippen LogP contribution in [0.1, 0.15) is 410 Å². The van der Waals surface area contributed by atoms with E-state index in [1.807, 2.05) is 228 Å². The number of carbonyl (C=O) groups is 10. The first-order valence-electron chi connectivity index (χ1n) is 49.3. The van der Waals surface area contributed by atoms with Gasteiger partial charge in [-0.1, -0.05) is 191 Å². The molecule has 0 aliphatic heterocycles. The number of hydrogen-bond acceptors (Lipinski definition) is 30. The van der Waals surface area contributed by atoms with Crippen molar-refractivity contribution in [2.24, 2.45) is 59.2 Å². The summed E-state index contributed by atoms with van der Waals surface area (Å²) < 4.78 is 99.5. The number of rotatable bonds is 32. The lowest BCUT2D eigenvalue weighted by Gasteiger charge is -2.23. The molecule has 0 spiro atoms. The Morgan fingerprint density at radius 3 is 0.672 bits per heavy atom. The monoisotopic (exact) mass is 1890 g/mol. The molecule has 131 heavy (non-hydrogen) atoms. The number of carbonyl (C=O) groups excluding carboxylic acids is 10. The third-order valence-electron chi connectivity index (χ3n) is 18.9. The first-order chi connectivity index (χ1) is 60.8. The Kier molecular flexibility index (Phi) is 84.3. The highest BCUT2D eigenvalue weighted by Gasteiger charge is 2.27. The van der Waals surface area contributed by atoms with Crippen molar-refractivity contribution in [2.75, 3.05) is 46.2 Å². The standard InChI is InChI=1S/2C12H22O3.2C11H20O3.2C10H20O3.3C9H18O3.C8H16O3/c2*1-9(2)10(3)14-12(13)15-11-7-5-4-6-8-11;2*1-9(2)8-13-11(12)14-10-6-4-3-5-7-10;1-7(2)8(3)12-9(11)13-10(4,5)6;1-5-6-7-12-10(11)13-9(4)8(2)3;1-7(2)6-11-8(10)12-9(3,4)5;1-6(2)8(5)12-9(10)11-7(3)4;1-4-5-6-11-9(10)12-7-8(2)3;1-6(2)5-10-8(9)11-7(3)4/h2*9-11H,4-8H2,1-3H3;2*9-10H,3-8H2,1-2H3;7-8H,1-6H3;8-9H,5-7H2,1-4H3;7H,6H2,1-5H3;6-8H,1-5H3;8H,4-7H2,1-3H3;6-7H,5H2,1-4H3. The van der Waals surface area contributed by atoms with Crippen LogP contribution in [0.2, 0.25) is 0 Å². The van der Waals surface area contributed by atoms with Crippen molar-refractivity contribution in [1.82, 2.24) is 0 Å². The summed E-state index contributed by atoms with van der Waals surface area (Å²) in [4.78, 5) is 111. The van der Waals surface area contributed by atoms with E-state index in [9.17, 15) is 47.9 Å². The third-order valence-corrected chi connectivity index (χ3v) is 18.9. The SMILES string of the molecule is CC(C)C(C)OC(=O)OC(C)(C)C.CC(C)C(C)OC(=O)OC1CCCCC1.CC(C)C(C)OC(=O)OC1CCCCC1.CC(C)COC(=O)OC(C)(C)C.CC(C)COC(=O)OC(C)C.CC(C)COC(=O)OC1CCCCC1.CC(C)COC(=O)OC1CCCCC1.CC(C)OC(=O)OC(C)C(C)C.CCCCOC(=O)OC(C)C(C)C.CCCCOC(=O)OCC(C)C. The molecule has 0 radical (unpaired) electrons. The second kappa shape index (κ2) is 82.2. The molecule has 4 aliphatic rings. The fraction of sp³-hybridized carbons (Fsp3) is 0.901. The average Bonchev–Trinajstić information content (AvgIpc) is 0.917. The van der Waals surface area contributed by atoms with Gasteiger partial charge in [0.25, 0.3) is 0 Å². The van der Waals surface area contributed by atoms with Gasteiger partial charge in [0, 0.05) is 0 Å². The van der Waals surface area contributed by atoms with Crippen molar-refractivity contribution in [3.8, 4) is 0 Å². The van der Waals surface area contributed by atoms with Gasteiger partial charge < -0.3 is 94.7 Å². The quantitative estimate of drug-likeness (QED) is 0.0343. The van der Waals surface area contributed by atoms with Gasteiger partial charge in [0.2, 0.25) is 0 Å². The average molecular weight is 1890 g/mol. The Bertz CT molecular complexity index is 2710. The predicted molar refractivity (Wildman–Crippen MR) is 513 cm³/mol. The van der Waals surface area contributed by atoms with Crippen LogP contribution in [0, 0.1) is 59.2 Å². The minimum Gasteiger partial charge on any atom is -0.434 e. The van der Waals surface area contributed by atoms with E-state index in [1.54, 1.807) is 27.7 Å². The third kappa shape index (κ3) is 100.0. The highest BCUT2D eigenvalue weighted by atomic mass is 16.8. The summed E-state index contributed by atoms with van der Waals surface area (Å²) in [5, 5.41) is 0. The van der Waals surface area contributed by atoms with Gasteiger partial charge in [-0.25, -0.2) is 47.9 Å². The fourth-order valence-corrected chi connectivity index (χ4v) is 9.69. The molecule has 5 unspecified atom stereocenters. The summed E-state index contributed by atoms with van der Waals surface area (Å²) >= 11 is 0. The normalized spacial score (nSPS) is 15.2. The molecule has 4 saturated carbocycles. The lowest BCUT2D eigenvalue weighted by atomic mass is 9.98. The number of ether oxygens (including phenoxy) is 20. The first kappa shape index (κ1) is 134. The van der Waals surface area contributed by atoms with E-state index in [2.05, 4.69) is 0 Å². The molecule has 30 heteroatoms. The van der Waals surface area contributed by atoms with Crippen LogP contribution in [0.4, 0.5) is 47.9 Å². The van der Waals surface area contributed by atoms with E-state index >= 15 is 0 Å². The van der Waals surface area contributed by atoms with Crippen molar-refractivity contribution >= 4 is 61.6 Å². The van der Waals surface area contributed by atoms with Crippen LogP contribution < -0.4 is 0 Å². The second-order valence-electron chi connectivity index (χ2n) is 40.0. The molecule has 4 fully saturated rings. The lowest BCUT2D eigenvalue weighted by Crippen LogP contribution is -2.28. The Balaban J connectivity index is -0.000000332. The van der Waals surface area contributed by atoms with Gasteiger partial charge in [-0.2, -0.15) is 0 Å². The van der Waals surface area contributed by atoms with Crippen LogP contribution in [0.3, 0.4) is 0 Å². The van der Waals surface area contributed by atoms with E-state index in [-0.39, 0.29) is 67.1 Å². The number of unbranched alkanes of at least 4 members (excludes halogenated alkanes) is 2.